The molecule has 0 unspecified atom stereocenters. The Morgan fingerprint density at radius 2 is 2.38 bits per heavy atom. The summed E-state index contributed by atoms with van der Waals surface area (Å²) in [6, 6.07) is 5.70. The van der Waals surface area contributed by atoms with Crippen LogP contribution in [0.2, 0.25) is 0 Å². The number of rotatable bonds is 3. The second-order valence-electron chi connectivity index (χ2n) is 3.99. The molecule has 0 radical (unpaired) electrons. The van der Waals surface area contributed by atoms with E-state index in [0.29, 0.717) is 6.54 Å². The number of anilines is 1. The fourth-order valence-corrected chi connectivity index (χ4v) is 2.02. The van der Waals surface area contributed by atoms with Crippen molar-refractivity contribution in [3.8, 4) is 5.75 Å². The number of nitrogens with two attached hydrogens (primary N) is 1. The highest BCUT2D eigenvalue weighted by molar-refractivity contribution is 5.95. The Balaban J connectivity index is 2.25. The Morgan fingerprint density at radius 3 is 3.06 bits per heavy atom. The minimum Gasteiger partial charge on any atom is -0.497 e. The Morgan fingerprint density at radius 1 is 1.56 bits per heavy atom. The molecule has 0 saturated carbocycles. The van der Waals surface area contributed by atoms with Crippen LogP contribution in [-0.2, 0) is 11.2 Å². The van der Waals surface area contributed by atoms with E-state index in [0.717, 1.165) is 29.8 Å². The van der Waals surface area contributed by atoms with Crippen molar-refractivity contribution in [3.63, 3.8) is 0 Å². The first-order chi connectivity index (χ1) is 7.74. The van der Waals surface area contributed by atoms with Gasteiger partial charge in [-0.2, -0.15) is 0 Å². The zero-order valence-corrected chi connectivity index (χ0v) is 9.32. The molecular weight excluding hydrogens is 204 g/mol. The maximum absolute atomic E-state index is 11.7. The van der Waals surface area contributed by atoms with Crippen molar-refractivity contribution in [1.29, 1.82) is 0 Å². The fraction of sp³-hybridized carbons (Fsp3) is 0.417. The molecule has 1 aromatic carbocycles. The first kappa shape index (κ1) is 11.0. The molecule has 4 nitrogen and oxygen atoms in total. The van der Waals surface area contributed by atoms with E-state index in [1.54, 1.807) is 7.11 Å². The normalized spacial score (nSPS) is 18.9. The van der Waals surface area contributed by atoms with Gasteiger partial charge in [0.05, 0.1) is 7.11 Å². The van der Waals surface area contributed by atoms with Gasteiger partial charge in [-0.15, -0.1) is 0 Å². The van der Waals surface area contributed by atoms with Crippen LogP contribution in [0.15, 0.2) is 18.2 Å². The quantitative estimate of drug-likeness (QED) is 0.803. The molecule has 86 valence electrons. The highest BCUT2D eigenvalue weighted by Crippen LogP contribution is 2.29. The number of ether oxygens (including phenoxy) is 1. The van der Waals surface area contributed by atoms with Gasteiger partial charge in [-0.25, -0.2) is 0 Å². The van der Waals surface area contributed by atoms with Gasteiger partial charge in [-0.1, -0.05) is 0 Å². The third kappa shape index (κ3) is 2.02. The monoisotopic (exact) mass is 220 g/mol. The van der Waals surface area contributed by atoms with E-state index in [4.69, 9.17) is 10.5 Å². The van der Waals surface area contributed by atoms with Crippen molar-refractivity contribution < 1.29 is 9.53 Å². The second-order valence-corrected chi connectivity index (χ2v) is 3.99. The summed E-state index contributed by atoms with van der Waals surface area (Å²) in [5.74, 6) is 0.883. The number of amides is 1. The Kier molecular flexibility index (Phi) is 3.10. The third-order valence-electron chi connectivity index (χ3n) is 2.92. The van der Waals surface area contributed by atoms with E-state index < -0.39 is 0 Å². The molecule has 2 rings (SSSR count). The van der Waals surface area contributed by atoms with E-state index in [-0.39, 0.29) is 11.8 Å². The average molecular weight is 220 g/mol. The van der Waals surface area contributed by atoms with E-state index in [1.807, 2.05) is 18.2 Å². The average Bonchev–Trinajstić information content (AvgIpc) is 2.30. The first-order valence-electron chi connectivity index (χ1n) is 5.42. The summed E-state index contributed by atoms with van der Waals surface area (Å²) >= 11 is 0. The summed E-state index contributed by atoms with van der Waals surface area (Å²) in [6.45, 7) is 0.539. The summed E-state index contributed by atoms with van der Waals surface area (Å²) in [4.78, 5) is 11.7. The first-order valence-corrected chi connectivity index (χ1v) is 5.42. The predicted molar refractivity (Wildman–Crippen MR) is 62.5 cm³/mol. The number of nitrogens with one attached hydrogen (secondary N) is 1. The number of methoxy groups -OCH3 is 1. The topological polar surface area (TPSA) is 64.3 Å². The molecular formula is C12H16N2O2. The van der Waals surface area contributed by atoms with Crippen molar-refractivity contribution in [1.82, 2.24) is 0 Å². The van der Waals surface area contributed by atoms with Crippen LogP contribution < -0.4 is 15.8 Å². The van der Waals surface area contributed by atoms with Gasteiger partial charge in [0.25, 0.3) is 0 Å². The summed E-state index contributed by atoms with van der Waals surface area (Å²) in [7, 11) is 1.64. The summed E-state index contributed by atoms with van der Waals surface area (Å²) < 4.78 is 5.16. The van der Waals surface area contributed by atoms with E-state index >= 15 is 0 Å². The molecule has 1 aliphatic heterocycles. The van der Waals surface area contributed by atoms with Crippen molar-refractivity contribution in [2.24, 2.45) is 11.7 Å². The Labute approximate surface area is 94.8 Å². The standard InChI is InChI=1S/C12H16N2O2/c1-16-10-2-3-11-9(7-10)6-8(4-5-13)12(15)14-11/h2-3,7-8H,4-6,13H2,1H3,(H,14,15)/t8-/m0/s1. The maximum atomic E-state index is 11.7. The molecule has 0 fully saturated rings. The zero-order chi connectivity index (χ0) is 11.5. The number of carbonyl (C=O) groups is 1. The number of benzene rings is 1. The number of carbonyl (C=O) groups excluding carboxylic acids is 1. The van der Waals surface area contributed by atoms with Crippen LogP contribution in [0.1, 0.15) is 12.0 Å². The maximum Gasteiger partial charge on any atom is 0.227 e. The zero-order valence-electron chi connectivity index (χ0n) is 9.32. The minimum absolute atomic E-state index is 0.00962. The Bertz CT molecular complexity index is 404. The molecule has 0 saturated heterocycles. The molecule has 1 aromatic rings. The van der Waals surface area contributed by atoms with Gasteiger partial charge in [-0.3, -0.25) is 4.79 Å². The molecule has 1 amide bonds. The highest BCUT2D eigenvalue weighted by Gasteiger charge is 2.25. The van der Waals surface area contributed by atoms with Crippen LogP contribution >= 0.6 is 0 Å². The van der Waals surface area contributed by atoms with Crippen molar-refractivity contribution in [3.05, 3.63) is 23.8 Å². The van der Waals surface area contributed by atoms with Crippen LogP contribution in [0.5, 0.6) is 5.75 Å². The molecule has 16 heavy (non-hydrogen) atoms. The molecule has 4 heteroatoms. The van der Waals surface area contributed by atoms with Crippen LogP contribution in [0, 0.1) is 5.92 Å². The van der Waals surface area contributed by atoms with Crippen LogP contribution in [0.3, 0.4) is 0 Å². The van der Waals surface area contributed by atoms with Crippen molar-refractivity contribution in [2.45, 2.75) is 12.8 Å². The van der Waals surface area contributed by atoms with Gasteiger partial charge in [0.15, 0.2) is 0 Å². The van der Waals surface area contributed by atoms with Crippen LogP contribution in [0.25, 0.3) is 0 Å². The molecule has 0 aliphatic carbocycles. The number of hydrogen-bond acceptors (Lipinski definition) is 3. The van der Waals surface area contributed by atoms with E-state index in [2.05, 4.69) is 5.32 Å². The molecule has 1 atom stereocenters. The smallest absolute Gasteiger partial charge is 0.227 e. The fourth-order valence-electron chi connectivity index (χ4n) is 2.02. The minimum atomic E-state index is -0.00962. The number of hydrogen-bond donors (Lipinski definition) is 2. The summed E-state index contributed by atoms with van der Waals surface area (Å²) in [5, 5.41) is 2.90. The molecule has 1 heterocycles. The number of fused-ring (bicyclic) bond motifs is 1. The lowest BCUT2D eigenvalue weighted by Crippen LogP contribution is -2.31. The van der Waals surface area contributed by atoms with E-state index in [9.17, 15) is 4.79 Å². The third-order valence-corrected chi connectivity index (χ3v) is 2.92. The Hall–Kier alpha value is -1.55. The van der Waals surface area contributed by atoms with Gasteiger partial charge < -0.3 is 15.8 Å². The lowest BCUT2D eigenvalue weighted by atomic mass is 9.90. The lowest BCUT2D eigenvalue weighted by molar-refractivity contribution is -0.120. The molecule has 1 aliphatic rings. The molecule has 0 aromatic heterocycles. The summed E-state index contributed by atoms with van der Waals surface area (Å²) in [6.07, 6.45) is 1.47. The predicted octanol–water partition coefficient (Wildman–Crippen LogP) is 1.15. The van der Waals surface area contributed by atoms with Gasteiger partial charge in [0, 0.05) is 11.6 Å². The van der Waals surface area contributed by atoms with Crippen LogP contribution in [0.4, 0.5) is 5.69 Å². The van der Waals surface area contributed by atoms with Crippen molar-refractivity contribution >= 4 is 11.6 Å². The van der Waals surface area contributed by atoms with Gasteiger partial charge in [0.1, 0.15) is 5.75 Å². The van der Waals surface area contributed by atoms with Crippen LogP contribution in [-0.4, -0.2) is 19.6 Å². The summed E-state index contributed by atoms with van der Waals surface area (Å²) in [5.41, 5.74) is 7.50. The highest BCUT2D eigenvalue weighted by atomic mass is 16.5. The molecule has 3 N–H and O–H groups in total. The van der Waals surface area contributed by atoms with Gasteiger partial charge >= 0.3 is 0 Å². The lowest BCUT2D eigenvalue weighted by Gasteiger charge is -2.24. The molecule has 0 bridgehead atoms. The second kappa shape index (κ2) is 4.53. The van der Waals surface area contributed by atoms with E-state index in [1.165, 1.54) is 0 Å². The largest absolute Gasteiger partial charge is 0.497 e. The van der Waals surface area contributed by atoms with Crippen molar-refractivity contribution in [2.75, 3.05) is 19.0 Å². The van der Waals surface area contributed by atoms with Gasteiger partial charge in [-0.05, 0) is 43.1 Å². The SMILES string of the molecule is COc1ccc2c(c1)C[C@H](CCN)C(=O)N2. The van der Waals surface area contributed by atoms with Gasteiger partial charge in [0.2, 0.25) is 5.91 Å². The molecule has 0 spiro atoms.